The second-order valence-corrected chi connectivity index (χ2v) is 7.57. The molecule has 1 aliphatic heterocycles. The molecular weight excluding hydrogens is 395 g/mol. The lowest BCUT2D eigenvalue weighted by atomic mass is 9.89. The Balaban J connectivity index is 1.43. The number of ketones is 1. The molecule has 154 valence electrons. The van der Waals surface area contributed by atoms with Crippen molar-refractivity contribution in [3.63, 3.8) is 0 Å². The topological polar surface area (TPSA) is 58.6 Å². The summed E-state index contributed by atoms with van der Waals surface area (Å²) in [5.41, 5.74) is 0.830. The smallest absolute Gasteiger partial charge is 0.225 e. The van der Waals surface area contributed by atoms with Crippen LogP contribution in [0.3, 0.4) is 0 Å². The summed E-state index contributed by atoms with van der Waals surface area (Å²) in [7, 11) is 1.60. The minimum absolute atomic E-state index is 0.00312. The molecule has 1 heterocycles. The normalized spacial score (nSPS) is 15.1. The number of piperidine rings is 1. The van der Waals surface area contributed by atoms with E-state index in [1.807, 2.05) is 0 Å². The monoisotopic (exact) mass is 418 g/mol. The van der Waals surface area contributed by atoms with Crippen molar-refractivity contribution in [1.29, 1.82) is 0 Å². The van der Waals surface area contributed by atoms with Gasteiger partial charge in [0.15, 0.2) is 5.78 Å². The number of benzene rings is 2. The van der Waals surface area contributed by atoms with Crippen LogP contribution in [0.2, 0.25) is 5.02 Å². The molecule has 29 heavy (non-hydrogen) atoms. The standard InChI is InChI=1S/C22H24ClFN2O3/c1-29-18-5-2-15(3-6-18)22(28)16-8-11-26(12-9-16)13-10-21(27)25-20-7-4-17(23)14-19(20)24/h2-7,14,16H,8-13H2,1H3,(H,25,27). The number of halogens is 2. The van der Waals surface area contributed by atoms with E-state index in [4.69, 9.17) is 16.3 Å². The van der Waals surface area contributed by atoms with E-state index < -0.39 is 5.82 Å². The molecule has 0 spiro atoms. The largest absolute Gasteiger partial charge is 0.497 e. The van der Waals surface area contributed by atoms with Gasteiger partial charge in [-0.3, -0.25) is 9.59 Å². The van der Waals surface area contributed by atoms with Crippen molar-refractivity contribution < 1.29 is 18.7 Å². The summed E-state index contributed by atoms with van der Waals surface area (Å²) in [6.07, 6.45) is 1.79. The quantitative estimate of drug-likeness (QED) is 0.676. The van der Waals surface area contributed by atoms with E-state index in [-0.39, 0.29) is 34.7 Å². The summed E-state index contributed by atoms with van der Waals surface area (Å²) < 4.78 is 18.9. The molecule has 0 atom stereocenters. The third-order valence-electron chi connectivity index (χ3n) is 5.19. The van der Waals surface area contributed by atoms with Gasteiger partial charge in [0, 0.05) is 29.5 Å². The molecule has 2 aromatic rings. The molecule has 2 aromatic carbocycles. The summed E-state index contributed by atoms with van der Waals surface area (Å²) in [6.45, 7) is 2.09. The molecule has 1 aliphatic rings. The van der Waals surface area contributed by atoms with E-state index in [1.165, 1.54) is 18.2 Å². The predicted molar refractivity (Wildman–Crippen MR) is 111 cm³/mol. The third kappa shape index (κ3) is 5.78. The molecule has 0 bridgehead atoms. The van der Waals surface area contributed by atoms with Crippen molar-refractivity contribution in [2.45, 2.75) is 19.3 Å². The number of likely N-dealkylation sites (tertiary alicyclic amines) is 1. The molecule has 0 unspecified atom stereocenters. The molecule has 0 saturated carbocycles. The van der Waals surface area contributed by atoms with Gasteiger partial charge in [0.1, 0.15) is 11.6 Å². The van der Waals surface area contributed by atoms with Gasteiger partial charge in [0.2, 0.25) is 5.91 Å². The van der Waals surface area contributed by atoms with Gasteiger partial charge in [0.05, 0.1) is 12.8 Å². The minimum atomic E-state index is -0.552. The molecule has 1 N–H and O–H groups in total. The molecular formula is C22H24ClFN2O3. The predicted octanol–water partition coefficient (Wildman–Crippen LogP) is 4.41. The summed E-state index contributed by atoms with van der Waals surface area (Å²) in [4.78, 5) is 26.9. The van der Waals surface area contributed by atoms with Crippen LogP contribution in [0.4, 0.5) is 10.1 Å². The fourth-order valence-electron chi connectivity index (χ4n) is 3.47. The highest BCUT2D eigenvalue weighted by Gasteiger charge is 2.26. The Bertz CT molecular complexity index is 865. The summed E-state index contributed by atoms with van der Waals surface area (Å²) in [5, 5.41) is 2.86. The van der Waals surface area contributed by atoms with E-state index in [9.17, 15) is 14.0 Å². The molecule has 0 aromatic heterocycles. The van der Waals surface area contributed by atoms with Crippen LogP contribution in [0.25, 0.3) is 0 Å². The van der Waals surface area contributed by atoms with Crippen LogP contribution in [0.15, 0.2) is 42.5 Å². The van der Waals surface area contributed by atoms with Crippen LogP contribution in [-0.2, 0) is 4.79 Å². The second-order valence-electron chi connectivity index (χ2n) is 7.13. The Morgan fingerprint density at radius 3 is 2.48 bits per heavy atom. The van der Waals surface area contributed by atoms with E-state index in [1.54, 1.807) is 31.4 Å². The van der Waals surface area contributed by atoms with Crippen molar-refractivity contribution in [2.24, 2.45) is 5.92 Å². The van der Waals surface area contributed by atoms with Crippen molar-refractivity contribution >= 4 is 29.0 Å². The number of hydrogen-bond acceptors (Lipinski definition) is 4. The first-order chi connectivity index (χ1) is 14.0. The Hall–Kier alpha value is -2.44. The second kappa shape index (κ2) is 9.85. The van der Waals surface area contributed by atoms with Gasteiger partial charge in [-0.2, -0.15) is 0 Å². The highest BCUT2D eigenvalue weighted by atomic mass is 35.5. The Morgan fingerprint density at radius 2 is 1.86 bits per heavy atom. The number of Topliss-reactive ketones (excluding diaryl/α,β-unsaturated/α-hetero) is 1. The number of rotatable bonds is 7. The Morgan fingerprint density at radius 1 is 1.17 bits per heavy atom. The maximum absolute atomic E-state index is 13.8. The van der Waals surface area contributed by atoms with Gasteiger partial charge in [0.25, 0.3) is 0 Å². The zero-order chi connectivity index (χ0) is 20.8. The highest BCUT2D eigenvalue weighted by Crippen LogP contribution is 2.23. The van der Waals surface area contributed by atoms with Crippen LogP contribution < -0.4 is 10.1 Å². The van der Waals surface area contributed by atoms with E-state index in [2.05, 4.69) is 10.2 Å². The SMILES string of the molecule is COc1ccc(C(=O)C2CCN(CCC(=O)Nc3ccc(Cl)cc3F)CC2)cc1. The lowest BCUT2D eigenvalue weighted by Gasteiger charge is -2.31. The van der Waals surface area contributed by atoms with Gasteiger partial charge in [-0.25, -0.2) is 4.39 Å². The van der Waals surface area contributed by atoms with E-state index in [0.717, 1.165) is 31.7 Å². The van der Waals surface area contributed by atoms with Gasteiger partial charge in [-0.15, -0.1) is 0 Å². The fourth-order valence-corrected chi connectivity index (χ4v) is 3.63. The number of amides is 1. The average Bonchev–Trinajstić information content (AvgIpc) is 2.74. The lowest BCUT2D eigenvalue weighted by molar-refractivity contribution is -0.116. The molecule has 0 radical (unpaired) electrons. The first-order valence-electron chi connectivity index (χ1n) is 9.62. The van der Waals surface area contributed by atoms with Crippen LogP contribution in [0, 0.1) is 11.7 Å². The third-order valence-corrected chi connectivity index (χ3v) is 5.43. The molecule has 5 nitrogen and oxygen atoms in total. The number of nitrogens with one attached hydrogen (secondary N) is 1. The average molecular weight is 419 g/mol. The van der Waals surface area contributed by atoms with Gasteiger partial charge >= 0.3 is 0 Å². The first-order valence-corrected chi connectivity index (χ1v) is 9.99. The fraction of sp³-hybridized carbons (Fsp3) is 0.364. The minimum Gasteiger partial charge on any atom is -0.497 e. The Labute approximate surface area is 174 Å². The number of methoxy groups -OCH3 is 1. The van der Waals surface area contributed by atoms with E-state index in [0.29, 0.717) is 12.1 Å². The summed E-state index contributed by atoms with van der Waals surface area (Å²) in [5.74, 6) is 0.0828. The van der Waals surface area contributed by atoms with Crippen molar-refractivity contribution in [1.82, 2.24) is 4.90 Å². The lowest BCUT2D eigenvalue weighted by Crippen LogP contribution is -2.38. The molecule has 7 heteroatoms. The number of nitrogens with zero attached hydrogens (tertiary/aromatic N) is 1. The first kappa shape index (κ1) is 21.3. The highest BCUT2D eigenvalue weighted by molar-refractivity contribution is 6.30. The number of anilines is 1. The van der Waals surface area contributed by atoms with Crippen LogP contribution in [-0.4, -0.2) is 43.3 Å². The van der Waals surface area contributed by atoms with Gasteiger partial charge in [-0.05, 0) is 68.4 Å². The molecule has 0 aliphatic carbocycles. The molecule has 1 amide bonds. The molecule has 1 fully saturated rings. The molecule has 3 rings (SSSR count). The van der Waals surface area contributed by atoms with E-state index >= 15 is 0 Å². The maximum Gasteiger partial charge on any atom is 0.225 e. The van der Waals surface area contributed by atoms with Crippen molar-refractivity contribution in [3.05, 3.63) is 58.9 Å². The zero-order valence-electron chi connectivity index (χ0n) is 16.3. The number of ether oxygens (including phenoxy) is 1. The maximum atomic E-state index is 13.8. The van der Waals surface area contributed by atoms with Crippen LogP contribution in [0.1, 0.15) is 29.6 Å². The molecule has 1 saturated heterocycles. The Kier molecular flexibility index (Phi) is 7.23. The van der Waals surface area contributed by atoms with Gasteiger partial charge in [-0.1, -0.05) is 11.6 Å². The summed E-state index contributed by atoms with van der Waals surface area (Å²) >= 11 is 5.71. The van der Waals surface area contributed by atoms with Crippen molar-refractivity contribution in [2.75, 3.05) is 32.1 Å². The number of carbonyl (C=O) groups excluding carboxylic acids is 2. The van der Waals surface area contributed by atoms with Crippen molar-refractivity contribution in [3.8, 4) is 5.75 Å². The van der Waals surface area contributed by atoms with Crippen LogP contribution >= 0.6 is 11.6 Å². The summed E-state index contributed by atoms with van der Waals surface area (Å²) in [6, 6.07) is 11.3. The van der Waals surface area contributed by atoms with Gasteiger partial charge < -0.3 is 15.0 Å². The number of hydrogen-bond donors (Lipinski definition) is 1. The zero-order valence-corrected chi connectivity index (χ0v) is 17.0. The van der Waals surface area contributed by atoms with Crippen LogP contribution in [0.5, 0.6) is 5.75 Å². The number of carbonyl (C=O) groups is 2.